The monoisotopic (exact) mass is 267 g/mol. The van der Waals surface area contributed by atoms with Crippen molar-refractivity contribution in [3.8, 4) is 5.69 Å². The second-order valence-corrected chi connectivity index (χ2v) is 4.60. The zero-order valence-electron chi connectivity index (χ0n) is 10.6. The van der Waals surface area contributed by atoms with Crippen molar-refractivity contribution in [3.63, 3.8) is 0 Å². The molecule has 0 unspecified atom stereocenters. The van der Waals surface area contributed by atoms with Crippen molar-refractivity contribution in [1.29, 1.82) is 0 Å². The summed E-state index contributed by atoms with van der Waals surface area (Å²) in [6.07, 6.45) is 0. The minimum absolute atomic E-state index is 0.121. The summed E-state index contributed by atoms with van der Waals surface area (Å²) in [6.45, 7) is 4.66. The van der Waals surface area contributed by atoms with Crippen LogP contribution in [0.3, 0.4) is 0 Å². The van der Waals surface area contributed by atoms with Gasteiger partial charge < -0.3 is 5.32 Å². The van der Waals surface area contributed by atoms with E-state index in [-0.39, 0.29) is 5.02 Å². The zero-order valence-corrected chi connectivity index (χ0v) is 11.3. The Morgan fingerprint density at radius 1 is 1.39 bits per heavy atom. The molecule has 0 amide bonds. The van der Waals surface area contributed by atoms with Gasteiger partial charge in [0.1, 0.15) is 5.82 Å². The van der Waals surface area contributed by atoms with Crippen LogP contribution in [0.1, 0.15) is 17.0 Å². The van der Waals surface area contributed by atoms with E-state index in [2.05, 4.69) is 10.4 Å². The SMILES string of the molecule is CNCc1c(C)nn(-c2ccc(Cl)c(F)c2)c1C. The quantitative estimate of drug-likeness (QED) is 0.927. The Labute approximate surface area is 111 Å². The fraction of sp³-hybridized carbons (Fsp3) is 0.308. The lowest BCUT2D eigenvalue weighted by atomic mass is 10.2. The Morgan fingerprint density at radius 2 is 2.11 bits per heavy atom. The highest BCUT2D eigenvalue weighted by atomic mass is 35.5. The minimum Gasteiger partial charge on any atom is -0.316 e. The molecule has 0 aliphatic carbocycles. The number of nitrogens with zero attached hydrogens (tertiary/aromatic N) is 2. The summed E-state index contributed by atoms with van der Waals surface area (Å²) in [5.74, 6) is -0.433. The summed E-state index contributed by atoms with van der Waals surface area (Å²) in [6, 6.07) is 4.69. The van der Waals surface area contributed by atoms with Gasteiger partial charge in [-0.25, -0.2) is 9.07 Å². The lowest BCUT2D eigenvalue weighted by Crippen LogP contribution is -2.07. The van der Waals surface area contributed by atoms with E-state index in [4.69, 9.17) is 11.6 Å². The van der Waals surface area contributed by atoms with Crippen LogP contribution in [0, 0.1) is 19.7 Å². The molecule has 0 saturated heterocycles. The maximum atomic E-state index is 13.5. The number of aromatic nitrogens is 2. The van der Waals surface area contributed by atoms with Gasteiger partial charge in [-0.3, -0.25) is 0 Å². The molecule has 2 aromatic rings. The lowest BCUT2D eigenvalue weighted by Gasteiger charge is -2.06. The minimum atomic E-state index is -0.433. The molecule has 0 atom stereocenters. The molecule has 3 nitrogen and oxygen atoms in total. The number of nitrogens with one attached hydrogen (secondary N) is 1. The van der Waals surface area contributed by atoms with Crippen LogP contribution in [0.4, 0.5) is 4.39 Å². The molecule has 0 fully saturated rings. The van der Waals surface area contributed by atoms with Gasteiger partial charge in [0.15, 0.2) is 0 Å². The second kappa shape index (κ2) is 5.08. The van der Waals surface area contributed by atoms with Gasteiger partial charge in [0, 0.05) is 23.9 Å². The van der Waals surface area contributed by atoms with Crippen molar-refractivity contribution in [2.45, 2.75) is 20.4 Å². The number of halogens is 2. The van der Waals surface area contributed by atoms with Gasteiger partial charge in [-0.1, -0.05) is 11.6 Å². The van der Waals surface area contributed by atoms with Gasteiger partial charge in [-0.2, -0.15) is 5.10 Å². The van der Waals surface area contributed by atoms with Crippen molar-refractivity contribution >= 4 is 11.6 Å². The smallest absolute Gasteiger partial charge is 0.143 e. The Bertz CT molecular complexity index is 578. The molecule has 1 heterocycles. The first kappa shape index (κ1) is 13.1. The molecule has 0 spiro atoms. The van der Waals surface area contributed by atoms with Crippen LogP contribution in [0.25, 0.3) is 5.69 Å². The number of benzene rings is 1. The van der Waals surface area contributed by atoms with Crippen LogP contribution in [0.2, 0.25) is 5.02 Å². The maximum absolute atomic E-state index is 13.5. The third-order valence-corrected chi connectivity index (χ3v) is 3.25. The molecule has 0 bridgehead atoms. The lowest BCUT2D eigenvalue weighted by molar-refractivity contribution is 0.625. The van der Waals surface area contributed by atoms with E-state index in [9.17, 15) is 4.39 Å². The molecule has 96 valence electrons. The summed E-state index contributed by atoms with van der Waals surface area (Å²) < 4.78 is 15.2. The van der Waals surface area contributed by atoms with E-state index in [0.717, 1.165) is 23.5 Å². The molecule has 0 aliphatic rings. The highest BCUT2D eigenvalue weighted by Gasteiger charge is 2.13. The van der Waals surface area contributed by atoms with Crippen molar-refractivity contribution in [1.82, 2.24) is 15.1 Å². The van der Waals surface area contributed by atoms with E-state index in [1.165, 1.54) is 6.07 Å². The number of hydrogen-bond donors (Lipinski definition) is 1. The first-order valence-electron chi connectivity index (χ1n) is 5.69. The average molecular weight is 268 g/mol. The fourth-order valence-corrected chi connectivity index (χ4v) is 2.09. The third kappa shape index (κ3) is 2.26. The summed E-state index contributed by atoms with van der Waals surface area (Å²) in [7, 11) is 1.89. The normalized spacial score (nSPS) is 10.9. The van der Waals surface area contributed by atoms with Crippen molar-refractivity contribution in [2.24, 2.45) is 0 Å². The third-order valence-electron chi connectivity index (χ3n) is 2.94. The molecule has 0 saturated carbocycles. The van der Waals surface area contributed by atoms with Gasteiger partial charge in [-0.05, 0) is 33.0 Å². The molecule has 1 N–H and O–H groups in total. The number of hydrogen-bond acceptors (Lipinski definition) is 2. The van der Waals surface area contributed by atoms with Gasteiger partial charge >= 0.3 is 0 Å². The molecule has 1 aromatic carbocycles. The largest absolute Gasteiger partial charge is 0.316 e. The van der Waals surface area contributed by atoms with E-state index in [0.29, 0.717) is 5.69 Å². The molecule has 1 aromatic heterocycles. The highest BCUT2D eigenvalue weighted by Crippen LogP contribution is 2.21. The molecule has 18 heavy (non-hydrogen) atoms. The number of rotatable bonds is 3. The van der Waals surface area contributed by atoms with E-state index in [1.54, 1.807) is 16.8 Å². The molecule has 0 aliphatic heterocycles. The Morgan fingerprint density at radius 3 is 2.72 bits per heavy atom. The van der Waals surface area contributed by atoms with Crippen LogP contribution in [-0.4, -0.2) is 16.8 Å². The van der Waals surface area contributed by atoms with E-state index >= 15 is 0 Å². The Balaban J connectivity index is 2.50. The number of aryl methyl sites for hydroxylation is 1. The van der Waals surface area contributed by atoms with Crippen LogP contribution < -0.4 is 5.32 Å². The Hall–Kier alpha value is -1.39. The summed E-state index contributed by atoms with van der Waals surface area (Å²) in [5.41, 5.74) is 3.76. The standard InChI is InChI=1S/C13H15ClFN3/c1-8-11(7-16-3)9(2)18(17-8)10-4-5-12(14)13(15)6-10/h4-6,16H,7H2,1-3H3. The van der Waals surface area contributed by atoms with Gasteiger partial charge in [0.25, 0.3) is 0 Å². The molecule has 5 heteroatoms. The molecular formula is C13H15ClFN3. The Kier molecular flexibility index (Phi) is 3.68. The molecular weight excluding hydrogens is 253 g/mol. The summed E-state index contributed by atoms with van der Waals surface area (Å²) >= 11 is 5.68. The van der Waals surface area contributed by atoms with E-state index in [1.807, 2.05) is 20.9 Å². The van der Waals surface area contributed by atoms with Gasteiger partial charge in [0.2, 0.25) is 0 Å². The average Bonchev–Trinajstić information content (AvgIpc) is 2.61. The van der Waals surface area contributed by atoms with Crippen molar-refractivity contribution in [2.75, 3.05) is 7.05 Å². The first-order chi connectivity index (χ1) is 8.54. The second-order valence-electron chi connectivity index (χ2n) is 4.19. The first-order valence-corrected chi connectivity index (χ1v) is 6.07. The van der Waals surface area contributed by atoms with Crippen molar-refractivity contribution in [3.05, 3.63) is 46.0 Å². The van der Waals surface area contributed by atoms with Gasteiger partial charge in [0.05, 0.1) is 16.4 Å². The van der Waals surface area contributed by atoms with Gasteiger partial charge in [-0.15, -0.1) is 0 Å². The highest BCUT2D eigenvalue weighted by molar-refractivity contribution is 6.30. The predicted octanol–water partition coefficient (Wildman–Crippen LogP) is 3.00. The van der Waals surface area contributed by atoms with E-state index < -0.39 is 5.82 Å². The topological polar surface area (TPSA) is 29.9 Å². The predicted molar refractivity (Wildman–Crippen MR) is 70.8 cm³/mol. The summed E-state index contributed by atoms with van der Waals surface area (Å²) in [4.78, 5) is 0. The summed E-state index contributed by atoms with van der Waals surface area (Å²) in [5, 5.41) is 7.66. The van der Waals surface area contributed by atoms with Crippen LogP contribution in [-0.2, 0) is 6.54 Å². The maximum Gasteiger partial charge on any atom is 0.143 e. The zero-order chi connectivity index (χ0) is 13.3. The van der Waals surface area contributed by atoms with Crippen LogP contribution in [0.15, 0.2) is 18.2 Å². The molecule has 2 rings (SSSR count). The van der Waals surface area contributed by atoms with Crippen molar-refractivity contribution < 1.29 is 4.39 Å². The fourth-order valence-electron chi connectivity index (χ4n) is 1.98. The van der Waals surface area contributed by atoms with Crippen LogP contribution >= 0.6 is 11.6 Å². The molecule has 0 radical (unpaired) electrons. The van der Waals surface area contributed by atoms with Crippen LogP contribution in [0.5, 0.6) is 0 Å².